The first-order chi connectivity index (χ1) is 12.4. The van der Waals surface area contributed by atoms with Gasteiger partial charge in [-0.25, -0.2) is 15.4 Å². The van der Waals surface area contributed by atoms with Crippen LogP contribution in [0.25, 0.3) is 0 Å². The van der Waals surface area contributed by atoms with Gasteiger partial charge in [-0.3, -0.25) is 4.79 Å². The quantitative estimate of drug-likeness (QED) is 0.335. The largest absolute Gasteiger partial charge is 0.454 e. The summed E-state index contributed by atoms with van der Waals surface area (Å²) < 4.78 is 11.4. The molecule has 1 atom stereocenters. The third-order valence-electron chi connectivity index (χ3n) is 3.48. The van der Waals surface area contributed by atoms with Gasteiger partial charge in [-0.15, -0.1) is 0 Å². The second-order valence-corrected chi connectivity index (χ2v) is 7.82. The van der Waals surface area contributed by atoms with Crippen LogP contribution in [-0.4, -0.2) is 34.1 Å². The van der Waals surface area contributed by atoms with E-state index in [9.17, 15) is 4.79 Å². The number of amides is 1. The first-order valence-electron chi connectivity index (χ1n) is 7.83. The van der Waals surface area contributed by atoms with Crippen LogP contribution in [0.4, 0.5) is 0 Å². The Morgan fingerprint density at radius 1 is 1.27 bits per heavy atom. The highest BCUT2D eigenvalue weighted by Crippen LogP contribution is 2.36. The van der Waals surface area contributed by atoms with Crippen LogP contribution in [0.2, 0.25) is 0 Å². The van der Waals surface area contributed by atoms with E-state index in [0.29, 0.717) is 16.7 Å². The molecule has 0 aliphatic carbocycles. The van der Waals surface area contributed by atoms with Crippen molar-refractivity contribution < 1.29 is 14.3 Å². The molecular formula is C17H17BrN4O3S. The standard InChI is InChI=1S/C17H17BrN4O3S/c1-9-4-10(2)21-17(20-9)26-11(3)16(23)22-19-7-12-5-14-15(6-13(12)18)25-8-24-14/h4-7,11H,8H2,1-3H3,(H,22,23)/b19-7-. The third-order valence-corrected chi connectivity index (χ3v) is 5.13. The molecule has 1 unspecified atom stereocenters. The number of halogens is 1. The fourth-order valence-electron chi connectivity index (χ4n) is 2.25. The highest BCUT2D eigenvalue weighted by molar-refractivity contribution is 9.10. The van der Waals surface area contributed by atoms with Crippen LogP contribution in [0.15, 0.2) is 32.9 Å². The van der Waals surface area contributed by atoms with Gasteiger partial charge in [0.25, 0.3) is 5.91 Å². The molecule has 0 saturated heterocycles. The molecule has 26 heavy (non-hydrogen) atoms. The number of benzene rings is 1. The number of carbonyl (C=O) groups excluding carboxylic acids is 1. The molecule has 2 aromatic rings. The summed E-state index contributed by atoms with van der Waals surface area (Å²) in [6.07, 6.45) is 1.55. The number of rotatable bonds is 5. The summed E-state index contributed by atoms with van der Waals surface area (Å²) in [6, 6.07) is 5.49. The molecule has 0 fully saturated rings. The second kappa shape index (κ2) is 8.05. The highest BCUT2D eigenvalue weighted by atomic mass is 79.9. The second-order valence-electron chi connectivity index (χ2n) is 5.65. The van der Waals surface area contributed by atoms with E-state index >= 15 is 0 Å². The fourth-order valence-corrected chi connectivity index (χ4v) is 3.54. The normalized spacial score (nSPS) is 13.8. The Morgan fingerprint density at radius 2 is 1.92 bits per heavy atom. The lowest BCUT2D eigenvalue weighted by atomic mass is 10.2. The van der Waals surface area contributed by atoms with E-state index in [1.165, 1.54) is 11.8 Å². The van der Waals surface area contributed by atoms with Crippen LogP contribution < -0.4 is 14.9 Å². The number of nitrogens with one attached hydrogen (secondary N) is 1. The van der Waals surface area contributed by atoms with Crippen LogP contribution in [0, 0.1) is 13.8 Å². The van der Waals surface area contributed by atoms with Gasteiger partial charge in [0.2, 0.25) is 6.79 Å². The molecule has 0 radical (unpaired) electrons. The lowest BCUT2D eigenvalue weighted by molar-refractivity contribution is -0.120. The Morgan fingerprint density at radius 3 is 2.62 bits per heavy atom. The lowest BCUT2D eigenvalue weighted by Crippen LogP contribution is -2.27. The summed E-state index contributed by atoms with van der Waals surface area (Å²) in [6.45, 7) is 5.79. The number of hydrogen-bond acceptors (Lipinski definition) is 7. The zero-order chi connectivity index (χ0) is 18.7. The minimum atomic E-state index is -0.381. The molecule has 1 aromatic heterocycles. The van der Waals surface area contributed by atoms with E-state index < -0.39 is 0 Å². The van der Waals surface area contributed by atoms with Crippen LogP contribution in [0.3, 0.4) is 0 Å². The molecule has 9 heteroatoms. The fraction of sp³-hybridized carbons (Fsp3) is 0.294. The topological polar surface area (TPSA) is 85.7 Å². The van der Waals surface area contributed by atoms with Crippen molar-refractivity contribution in [2.75, 3.05) is 6.79 Å². The van der Waals surface area contributed by atoms with Crippen molar-refractivity contribution in [2.24, 2.45) is 5.10 Å². The smallest absolute Gasteiger partial charge is 0.253 e. The molecular weight excluding hydrogens is 420 g/mol. The first kappa shape index (κ1) is 18.7. The zero-order valence-electron chi connectivity index (χ0n) is 14.4. The predicted molar refractivity (Wildman–Crippen MR) is 103 cm³/mol. The average molecular weight is 437 g/mol. The van der Waals surface area contributed by atoms with Gasteiger partial charge in [-0.05, 0) is 54.9 Å². The molecule has 7 nitrogen and oxygen atoms in total. The molecule has 2 heterocycles. The Balaban J connectivity index is 1.60. The number of carbonyl (C=O) groups is 1. The van der Waals surface area contributed by atoms with Gasteiger partial charge in [0.15, 0.2) is 16.7 Å². The number of hydrazone groups is 1. The van der Waals surface area contributed by atoms with Gasteiger partial charge in [-0.2, -0.15) is 5.10 Å². The molecule has 3 rings (SSSR count). The van der Waals surface area contributed by atoms with Crippen molar-refractivity contribution in [3.05, 3.63) is 39.6 Å². The molecule has 1 aliphatic heterocycles. The number of nitrogens with zero attached hydrogens (tertiary/aromatic N) is 3. The average Bonchev–Trinajstić information content (AvgIpc) is 3.00. The van der Waals surface area contributed by atoms with Crippen molar-refractivity contribution in [1.29, 1.82) is 0 Å². The van der Waals surface area contributed by atoms with Gasteiger partial charge in [0, 0.05) is 21.4 Å². The lowest BCUT2D eigenvalue weighted by Gasteiger charge is -2.09. The molecule has 136 valence electrons. The maximum Gasteiger partial charge on any atom is 0.253 e. The number of hydrogen-bond donors (Lipinski definition) is 1. The first-order valence-corrected chi connectivity index (χ1v) is 9.50. The van der Waals surface area contributed by atoms with Crippen molar-refractivity contribution in [3.8, 4) is 11.5 Å². The molecule has 1 amide bonds. The van der Waals surface area contributed by atoms with Crippen LogP contribution in [0.5, 0.6) is 11.5 Å². The SMILES string of the molecule is Cc1cc(C)nc(SC(C)C(=O)N/N=C\c2cc3c(cc2Br)OCO3)n1. The maximum absolute atomic E-state index is 12.2. The summed E-state index contributed by atoms with van der Waals surface area (Å²) in [7, 11) is 0. The number of aryl methyl sites for hydroxylation is 2. The monoisotopic (exact) mass is 436 g/mol. The summed E-state index contributed by atoms with van der Waals surface area (Å²) in [5.74, 6) is 1.10. The minimum absolute atomic E-state index is 0.203. The summed E-state index contributed by atoms with van der Waals surface area (Å²) >= 11 is 4.74. The van der Waals surface area contributed by atoms with E-state index in [1.807, 2.05) is 19.9 Å². The van der Waals surface area contributed by atoms with E-state index in [2.05, 4.69) is 36.4 Å². The van der Waals surface area contributed by atoms with Crippen molar-refractivity contribution in [2.45, 2.75) is 31.2 Å². The van der Waals surface area contributed by atoms with E-state index in [4.69, 9.17) is 9.47 Å². The molecule has 0 bridgehead atoms. The minimum Gasteiger partial charge on any atom is -0.454 e. The third kappa shape index (κ3) is 4.53. The number of thioether (sulfide) groups is 1. The Bertz CT molecular complexity index is 855. The molecule has 1 N–H and O–H groups in total. The predicted octanol–water partition coefficient (Wildman–Crippen LogP) is 3.22. The van der Waals surface area contributed by atoms with Gasteiger partial charge in [-0.1, -0.05) is 11.8 Å². The number of aromatic nitrogens is 2. The van der Waals surface area contributed by atoms with Gasteiger partial charge < -0.3 is 9.47 Å². The molecule has 0 saturated carbocycles. The van der Waals surface area contributed by atoms with Gasteiger partial charge in [0.1, 0.15) is 0 Å². The van der Waals surface area contributed by atoms with Crippen molar-refractivity contribution in [1.82, 2.24) is 15.4 Å². The molecule has 0 spiro atoms. The molecule has 1 aliphatic rings. The van der Waals surface area contributed by atoms with Gasteiger partial charge >= 0.3 is 0 Å². The summed E-state index contributed by atoms with van der Waals surface area (Å²) in [5.41, 5.74) is 5.05. The Labute approximate surface area is 163 Å². The van der Waals surface area contributed by atoms with E-state index in [0.717, 1.165) is 21.4 Å². The van der Waals surface area contributed by atoms with Crippen LogP contribution >= 0.6 is 27.7 Å². The Kier molecular flexibility index (Phi) is 5.77. The van der Waals surface area contributed by atoms with Crippen LogP contribution in [-0.2, 0) is 4.79 Å². The van der Waals surface area contributed by atoms with Crippen LogP contribution in [0.1, 0.15) is 23.9 Å². The molecule has 1 aromatic carbocycles. The van der Waals surface area contributed by atoms with E-state index in [-0.39, 0.29) is 18.0 Å². The van der Waals surface area contributed by atoms with Crippen molar-refractivity contribution >= 4 is 39.8 Å². The highest BCUT2D eigenvalue weighted by Gasteiger charge is 2.17. The van der Waals surface area contributed by atoms with Gasteiger partial charge in [0.05, 0.1) is 11.5 Å². The zero-order valence-corrected chi connectivity index (χ0v) is 16.8. The Hall–Kier alpha value is -2.13. The maximum atomic E-state index is 12.2. The summed E-state index contributed by atoms with van der Waals surface area (Å²) in [5, 5.41) is 4.22. The number of fused-ring (bicyclic) bond motifs is 1. The van der Waals surface area contributed by atoms with Crippen molar-refractivity contribution in [3.63, 3.8) is 0 Å². The summed E-state index contributed by atoms with van der Waals surface area (Å²) in [4.78, 5) is 20.9. The van der Waals surface area contributed by atoms with E-state index in [1.54, 1.807) is 25.3 Å². The number of ether oxygens (including phenoxy) is 2.